The maximum Gasteiger partial charge on any atom is 0.303 e. The molecule has 0 spiro atoms. The highest BCUT2D eigenvalue weighted by atomic mass is 16.4. The molecule has 4 nitrogen and oxygen atoms in total. The van der Waals surface area contributed by atoms with Crippen molar-refractivity contribution in [1.82, 2.24) is 4.98 Å². The van der Waals surface area contributed by atoms with Gasteiger partial charge in [0, 0.05) is 37.6 Å². The SMILES string of the molecule is O=C(O)CCC1CCN(c2ccncc2)C1. The van der Waals surface area contributed by atoms with Crippen LogP contribution in [0.25, 0.3) is 0 Å². The Morgan fingerprint density at radius 1 is 1.50 bits per heavy atom. The number of pyridine rings is 1. The average molecular weight is 220 g/mol. The van der Waals surface area contributed by atoms with Crippen molar-refractivity contribution in [2.75, 3.05) is 18.0 Å². The van der Waals surface area contributed by atoms with Gasteiger partial charge in [0.2, 0.25) is 0 Å². The lowest BCUT2D eigenvalue weighted by atomic mass is 10.0. The first-order valence-corrected chi connectivity index (χ1v) is 5.62. The Kier molecular flexibility index (Phi) is 3.39. The molecule has 2 rings (SSSR count). The van der Waals surface area contributed by atoms with Crippen molar-refractivity contribution in [3.63, 3.8) is 0 Å². The summed E-state index contributed by atoms with van der Waals surface area (Å²) in [4.78, 5) is 16.8. The Balaban J connectivity index is 1.86. The fraction of sp³-hybridized carbons (Fsp3) is 0.500. The third-order valence-electron chi connectivity index (χ3n) is 3.08. The molecule has 1 aliphatic heterocycles. The molecule has 1 fully saturated rings. The van der Waals surface area contributed by atoms with Crippen LogP contribution in [-0.2, 0) is 4.79 Å². The van der Waals surface area contributed by atoms with Gasteiger partial charge in [0.15, 0.2) is 0 Å². The molecule has 1 aliphatic rings. The second kappa shape index (κ2) is 4.96. The largest absolute Gasteiger partial charge is 0.481 e. The molecule has 0 bridgehead atoms. The van der Waals surface area contributed by atoms with Gasteiger partial charge in [-0.15, -0.1) is 0 Å². The van der Waals surface area contributed by atoms with E-state index in [0.717, 1.165) is 25.9 Å². The maximum absolute atomic E-state index is 10.5. The first-order valence-electron chi connectivity index (χ1n) is 5.62. The normalized spacial score (nSPS) is 20.0. The molecule has 1 aromatic rings. The molecule has 16 heavy (non-hydrogen) atoms. The van der Waals surface area contributed by atoms with Crippen LogP contribution < -0.4 is 4.90 Å². The fourth-order valence-corrected chi connectivity index (χ4v) is 2.19. The highest BCUT2D eigenvalue weighted by Gasteiger charge is 2.22. The van der Waals surface area contributed by atoms with E-state index in [0.29, 0.717) is 5.92 Å². The van der Waals surface area contributed by atoms with Gasteiger partial charge in [-0.05, 0) is 30.9 Å². The monoisotopic (exact) mass is 220 g/mol. The summed E-state index contributed by atoms with van der Waals surface area (Å²) in [5.74, 6) is -0.174. The summed E-state index contributed by atoms with van der Waals surface area (Å²) in [6, 6.07) is 4.00. The molecule has 0 aliphatic carbocycles. The second-order valence-electron chi connectivity index (χ2n) is 4.24. The molecular formula is C12H16N2O2. The van der Waals surface area contributed by atoms with Gasteiger partial charge < -0.3 is 10.0 Å². The summed E-state index contributed by atoms with van der Waals surface area (Å²) in [5.41, 5.74) is 1.19. The standard InChI is InChI=1S/C12H16N2O2/c15-12(16)2-1-10-5-8-14(9-10)11-3-6-13-7-4-11/h3-4,6-7,10H,1-2,5,8-9H2,(H,15,16). The van der Waals surface area contributed by atoms with Crippen molar-refractivity contribution >= 4 is 11.7 Å². The molecule has 0 radical (unpaired) electrons. The third-order valence-corrected chi connectivity index (χ3v) is 3.08. The van der Waals surface area contributed by atoms with E-state index in [2.05, 4.69) is 9.88 Å². The first kappa shape index (κ1) is 10.9. The molecule has 0 saturated carbocycles. The lowest BCUT2D eigenvalue weighted by Crippen LogP contribution is -2.19. The van der Waals surface area contributed by atoms with Gasteiger partial charge in [-0.1, -0.05) is 0 Å². The summed E-state index contributed by atoms with van der Waals surface area (Å²) in [6.45, 7) is 1.99. The Morgan fingerprint density at radius 3 is 2.94 bits per heavy atom. The van der Waals surface area contributed by atoms with E-state index in [9.17, 15) is 4.79 Å². The van der Waals surface area contributed by atoms with Crippen LogP contribution in [0.5, 0.6) is 0 Å². The van der Waals surface area contributed by atoms with E-state index in [1.807, 2.05) is 12.1 Å². The van der Waals surface area contributed by atoms with Gasteiger partial charge in [0.1, 0.15) is 0 Å². The minimum absolute atomic E-state index is 0.287. The van der Waals surface area contributed by atoms with Gasteiger partial charge in [-0.3, -0.25) is 9.78 Å². The Labute approximate surface area is 94.9 Å². The van der Waals surface area contributed by atoms with Crippen LogP contribution in [0.1, 0.15) is 19.3 Å². The molecular weight excluding hydrogens is 204 g/mol. The summed E-state index contributed by atoms with van der Waals surface area (Å²) in [6.07, 6.45) is 5.75. The fourth-order valence-electron chi connectivity index (χ4n) is 2.19. The molecule has 0 amide bonds. The number of aliphatic carboxylic acids is 1. The number of carboxylic acids is 1. The van der Waals surface area contributed by atoms with Crippen LogP contribution >= 0.6 is 0 Å². The number of aromatic nitrogens is 1. The number of rotatable bonds is 4. The number of nitrogens with zero attached hydrogens (tertiary/aromatic N) is 2. The van der Waals surface area contributed by atoms with Gasteiger partial charge in [-0.25, -0.2) is 0 Å². The summed E-state index contributed by atoms with van der Waals surface area (Å²) >= 11 is 0. The zero-order chi connectivity index (χ0) is 11.4. The van der Waals surface area contributed by atoms with Crippen molar-refractivity contribution in [1.29, 1.82) is 0 Å². The quantitative estimate of drug-likeness (QED) is 0.840. The van der Waals surface area contributed by atoms with Gasteiger partial charge in [0.25, 0.3) is 0 Å². The minimum Gasteiger partial charge on any atom is -0.481 e. The zero-order valence-corrected chi connectivity index (χ0v) is 9.17. The molecule has 1 atom stereocenters. The molecule has 86 valence electrons. The van der Waals surface area contributed by atoms with Gasteiger partial charge in [-0.2, -0.15) is 0 Å². The van der Waals surface area contributed by atoms with Crippen molar-refractivity contribution in [2.24, 2.45) is 5.92 Å². The van der Waals surface area contributed by atoms with Crippen LogP contribution in [0.2, 0.25) is 0 Å². The van der Waals surface area contributed by atoms with E-state index >= 15 is 0 Å². The highest BCUT2D eigenvalue weighted by Crippen LogP contribution is 2.25. The smallest absolute Gasteiger partial charge is 0.303 e. The molecule has 1 N–H and O–H groups in total. The summed E-state index contributed by atoms with van der Waals surface area (Å²) in [7, 11) is 0. The predicted octanol–water partition coefficient (Wildman–Crippen LogP) is 1.77. The van der Waals surface area contributed by atoms with Crippen molar-refractivity contribution in [2.45, 2.75) is 19.3 Å². The highest BCUT2D eigenvalue weighted by molar-refractivity contribution is 5.66. The molecule has 4 heteroatoms. The van der Waals surface area contributed by atoms with E-state index in [1.165, 1.54) is 5.69 Å². The van der Waals surface area contributed by atoms with Crippen molar-refractivity contribution in [3.8, 4) is 0 Å². The van der Waals surface area contributed by atoms with E-state index in [1.54, 1.807) is 12.4 Å². The van der Waals surface area contributed by atoms with Crippen molar-refractivity contribution < 1.29 is 9.90 Å². The summed E-state index contributed by atoms with van der Waals surface area (Å²) in [5, 5.41) is 8.63. The molecule has 1 unspecified atom stereocenters. The topological polar surface area (TPSA) is 53.4 Å². The number of hydrogen-bond acceptors (Lipinski definition) is 3. The maximum atomic E-state index is 10.5. The van der Waals surface area contributed by atoms with Crippen LogP contribution in [-0.4, -0.2) is 29.1 Å². The van der Waals surface area contributed by atoms with E-state index < -0.39 is 5.97 Å². The van der Waals surface area contributed by atoms with Gasteiger partial charge >= 0.3 is 5.97 Å². The van der Waals surface area contributed by atoms with Crippen LogP contribution in [0.15, 0.2) is 24.5 Å². The Bertz CT molecular complexity index is 353. The Hall–Kier alpha value is -1.58. The molecule has 0 aromatic carbocycles. The minimum atomic E-state index is -0.692. The summed E-state index contributed by atoms with van der Waals surface area (Å²) < 4.78 is 0. The lowest BCUT2D eigenvalue weighted by molar-refractivity contribution is -0.137. The third kappa shape index (κ3) is 2.72. The van der Waals surface area contributed by atoms with Crippen LogP contribution in [0, 0.1) is 5.92 Å². The molecule has 2 heterocycles. The van der Waals surface area contributed by atoms with Crippen LogP contribution in [0.4, 0.5) is 5.69 Å². The lowest BCUT2D eigenvalue weighted by Gasteiger charge is -2.18. The average Bonchev–Trinajstić information content (AvgIpc) is 2.76. The first-order chi connectivity index (χ1) is 7.75. The number of anilines is 1. The molecule has 1 aromatic heterocycles. The Morgan fingerprint density at radius 2 is 2.25 bits per heavy atom. The number of carbonyl (C=O) groups is 1. The van der Waals surface area contributed by atoms with E-state index in [-0.39, 0.29) is 6.42 Å². The molecule has 1 saturated heterocycles. The van der Waals surface area contributed by atoms with Crippen LogP contribution in [0.3, 0.4) is 0 Å². The van der Waals surface area contributed by atoms with Crippen molar-refractivity contribution in [3.05, 3.63) is 24.5 Å². The number of carboxylic acid groups (broad SMARTS) is 1. The predicted molar refractivity (Wildman–Crippen MR) is 61.4 cm³/mol. The van der Waals surface area contributed by atoms with E-state index in [4.69, 9.17) is 5.11 Å². The second-order valence-corrected chi connectivity index (χ2v) is 4.24. The van der Waals surface area contributed by atoms with Gasteiger partial charge in [0.05, 0.1) is 0 Å². The number of hydrogen-bond donors (Lipinski definition) is 1. The zero-order valence-electron chi connectivity index (χ0n) is 9.17.